The molecule has 0 unspecified atom stereocenters. The number of alkyl halides is 1. The topological polar surface area (TPSA) is 55.6 Å². The molecule has 4 nitrogen and oxygen atoms in total. The molecule has 1 saturated heterocycles. The predicted molar refractivity (Wildman–Crippen MR) is 68.3 cm³/mol. The summed E-state index contributed by atoms with van der Waals surface area (Å²) >= 11 is 0. The van der Waals surface area contributed by atoms with Gasteiger partial charge in [0.1, 0.15) is 12.8 Å². The number of halogens is 2. The fourth-order valence-electron chi connectivity index (χ4n) is 1.75. The Balaban J connectivity index is 0.00000162. The normalized spacial score (nSPS) is 22.4. The number of ether oxygens (including phenoxy) is 1. The van der Waals surface area contributed by atoms with Gasteiger partial charge in [0.05, 0.1) is 12.6 Å². The van der Waals surface area contributed by atoms with Crippen LogP contribution >= 0.6 is 12.4 Å². The minimum Gasteiger partial charge on any atom is -0.445 e. The van der Waals surface area contributed by atoms with Gasteiger partial charge >= 0.3 is 6.09 Å². The predicted octanol–water partition coefficient (Wildman–Crippen LogP) is 1.73. The maximum atomic E-state index is 13.1. The van der Waals surface area contributed by atoms with Crippen LogP contribution in [-0.4, -0.2) is 36.3 Å². The van der Waals surface area contributed by atoms with Crippen molar-refractivity contribution in [2.75, 3.05) is 13.1 Å². The third-order valence-corrected chi connectivity index (χ3v) is 2.75. The van der Waals surface area contributed by atoms with Crippen molar-refractivity contribution in [2.24, 2.45) is 5.73 Å². The third kappa shape index (κ3) is 3.58. The molecular formula is C12H16ClFN2O2. The Morgan fingerprint density at radius 2 is 2.06 bits per heavy atom. The maximum absolute atomic E-state index is 13.1. The second kappa shape index (κ2) is 6.56. The Hall–Kier alpha value is -1.33. The zero-order valence-electron chi connectivity index (χ0n) is 9.79. The summed E-state index contributed by atoms with van der Waals surface area (Å²) in [6.45, 7) is 0.436. The summed E-state index contributed by atoms with van der Waals surface area (Å²) in [5.74, 6) is 0. The Bertz CT molecular complexity index is 381. The van der Waals surface area contributed by atoms with Crippen LogP contribution in [0.2, 0.25) is 0 Å². The lowest BCUT2D eigenvalue weighted by atomic mass is 10.2. The van der Waals surface area contributed by atoms with Gasteiger partial charge < -0.3 is 15.4 Å². The first-order valence-electron chi connectivity index (χ1n) is 5.52. The van der Waals surface area contributed by atoms with Gasteiger partial charge in [-0.05, 0) is 5.56 Å². The molecule has 0 bridgehead atoms. The number of hydrogen-bond donors (Lipinski definition) is 1. The fraction of sp³-hybridized carbons (Fsp3) is 0.417. The number of amides is 1. The molecule has 100 valence electrons. The second-order valence-electron chi connectivity index (χ2n) is 4.13. The number of likely N-dealkylation sites (tertiary alicyclic amines) is 1. The smallest absolute Gasteiger partial charge is 0.410 e. The average molecular weight is 275 g/mol. The number of hydrogen-bond acceptors (Lipinski definition) is 3. The van der Waals surface area contributed by atoms with E-state index in [9.17, 15) is 9.18 Å². The number of nitrogens with zero attached hydrogens (tertiary/aromatic N) is 1. The van der Waals surface area contributed by atoms with Crippen molar-refractivity contribution in [1.82, 2.24) is 4.90 Å². The van der Waals surface area contributed by atoms with E-state index in [4.69, 9.17) is 10.5 Å². The standard InChI is InChI=1S/C12H15FN2O2.ClH/c13-10-6-15(7-11(10)14)12(16)17-8-9-4-2-1-3-5-9;/h1-5,10-11H,6-8,14H2;1H/t10-,11+;/m1./s1. The molecule has 2 atom stereocenters. The van der Waals surface area contributed by atoms with Crippen molar-refractivity contribution in [3.8, 4) is 0 Å². The van der Waals surface area contributed by atoms with Crippen molar-refractivity contribution < 1.29 is 13.9 Å². The first-order chi connectivity index (χ1) is 8.16. The van der Waals surface area contributed by atoms with Crippen LogP contribution < -0.4 is 5.73 Å². The lowest BCUT2D eigenvalue weighted by molar-refractivity contribution is 0.102. The largest absolute Gasteiger partial charge is 0.445 e. The van der Waals surface area contributed by atoms with Gasteiger partial charge in [-0.2, -0.15) is 0 Å². The summed E-state index contributed by atoms with van der Waals surface area (Å²) in [4.78, 5) is 12.9. The van der Waals surface area contributed by atoms with Crippen molar-refractivity contribution >= 4 is 18.5 Å². The number of rotatable bonds is 2. The zero-order valence-corrected chi connectivity index (χ0v) is 10.6. The number of benzene rings is 1. The Morgan fingerprint density at radius 1 is 1.39 bits per heavy atom. The molecule has 6 heteroatoms. The van der Waals surface area contributed by atoms with E-state index in [1.165, 1.54) is 4.90 Å². The van der Waals surface area contributed by atoms with Crippen molar-refractivity contribution in [1.29, 1.82) is 0 Å². The summed E-state index contributed by atoms with van der Waals surface area (Å²) < 4.78 is 18.2. The maximum Gasteiger partial charge on any atom is 0.410 e. The highest BCUT2D eigenvalue weighted by Gasteiger charge is 2.33. The summed E-state index contributed by atoms with van der Waals surface area (Å²) in [7, 11) is 0. The lowest BCUT2D eigenvalue weighted by Crippen LogP contribution is -2.32. The van der Waals surface area contributed by atoms with Gasteiger partial charge in [-0.3, -0.25) is 0 Å². The van der Waals surface area contributed by atoms with Gasteiger partial charge in [0, 0.05) is 6.54 Å². The van der Waals surface area contributed by atoms with Crippen LogP contribution in [0.1, 0.15) is 5.56 Å². The highest BCUT2D eigenvalue weighted by Crippen LogP contribution is 2.13. The second-order valence-corrected chi connectivity index (χ2v) is 4.13. The number of nitrogens with two attached hydrogens (primary N) is 1. The van der Waals surface area contributed by atoms with Gasteiger partial charge in [0.25, 0.3) is 0 Å². The van der Waals surface area contributed by atoms with Crippen LogP contribution in [0.15, 0.2) is 30.3 Å². The number of carbonyl (C=O) groups is 1. The van der Waals surface area contributed by atoms with Gasteiger partial charge in [0.15, 0.2) is 0 Å². The monoisotopic (exact) mass is 274 g/mol. The SMILES string of the molecule is Cl.N[C@H]1CN(C(=O)OCc2ccccc2)C[C@H]1F. The molecule has 1 aliphatic rings. The lowest BCUT2D eigenvalue weighted by Gasteiger charge is -2.15. The molecule has 2 N–H and O–H groups in total. The highest BCUT2D eigenvalue weighted by atomic mass is 35.5. The van der Waals surface area contributed by atoms with Crippen LogP contribution in [-0.2, 0) is 11.3 Å². The quantitative estimate of drug-likeness (QED) is 0.893. The molecule has 0 saturated carbocycles. The van der Waals surface area contributed by atoms with E-state index in [-0.39, 0.29) is 32.1 Å². The molecule has 1 aromatic carbocycles. The van der Waals surface area contributed by atoms with E-state index in [2.05, 4.69) is 0 Å². The molecule has 1 heterocycles. The van der Waals surface area contributed by atoms with E-state index in [0.717, 1.165) is 5.56 Å². The Kier molecular flexibility index (Phi) is 5.37. The molecule has 1 fully saturated rings. The van der Waals surface area contributed by atoms with Crippen LogP contribution in [0.3, 0.4) is 0 Å². The van der Waals surface area contributed by atoms with Crippen molar-refractivity contribution in [3.05, 3.63) is 35.9 Å². The zero-order chi connectivity index (χ0) is 12.3. The molecular weight excluding hydrogens is 259 g/mol. The summed E-state index contributed by atoms with van der Waals surface area (Å²) in [6, 6.07) is 8.75. The van der Waals surface area contributed by atoms with Crippen molar-refractivity contribution in [2.45, 2.75) is 18.8 Å². The van der Waals surface area contributed by atoms with Gasteiger partial charge in [-0.1, -0.05) is 30.3 Å². The Morgan fingerprint density at radius 3 is 2.61 bits per heavy atom. The molecule has 1 aromatic rings. The highest BCUT2D eigenvalue weighted by molar-refractivity contribution is 5.85. The van der Waals surface area contributed by atoms with Gasteiger partial charge in [0.2, 0.25) is 0 Å². The van der Waals surface area contributed by atoms with Gasteiger partial charge in [-0.25, -0.2) is 9.18 Å². The third-order valence-electron chi connectivity index (χ3n) is 2.75. The molecule has 18 heavy (non-hydrogen) atoms. The Labute approximate surface area is 111 Å². The number of carbonyl (C=O) groups excluding carboxylic acids is 1. The van der Waals surface area contributed by atoms with Crippen LogP contribution in [0, 0.1) is 0 Å². The molecule has 1 aliphatic heterocycles. The first kappa shape index (κ1) is 14.7. The van der Waals surface area contributed by atoms with E-state index < -0.39 is 18.3 Å². The summed E-state index contributed by atoms with van der Waals surface area (Å²) in [6.07, 6.45) is -1.66. The van der Waals surface area contributed by atoms with E-state index >= 15 is 0 Å². The van der Waals surface area contributed by atoms with Crippen LogP contribution in [0.25, 0.3) is 0 Å². The average Bonchev–Trinajstić information content (AvgIpc) is 2.68. The molecule has 0 aliphatic carbocycles. The van der Waals surface area contributed by atoms with E-state index in [1.54, 1.807) is 0 Å². The molecule has 1 amide bonds. The van der Waals surface area contributed by atoms with Crippen LogP contribution in [0.4, 0.5) is 9.18 Å². The summed E-state index contributed by atoms with van der Waals surface area (Å²) in [5, 5.41) is 0. The first-order valence-corrected chi connectivity index (χ1v) is 5.52. The van der Waals surface area contributed by atoms with Crippen LogP contribution in [0.5, 0.6) is 0 Å². The van der Waals surface area contributed by atoms with Gasteiger partial charge in [-0.15, -0.1) is 12.4 Å². The minimum absolute atomic E-state index is 0. The van der Waals surface area contributed by atoms with Crippen molar-refractivity contribution in [3.63, 3.8) is 0 Å². The molecule has 0 radical (unpaired) electrons. The minimum atomic E-state index is -1.15. The summed E-state index contributed by atoms with van der Waals surface area (Å²) in [5.41, 5.74) is 6.39. The van der Waals surface area contributed by atoms with E-state index in [0.29, 0.717) is 0 Å². The van der Waals surface area contributed by atoms with E-state index in [1.807, 2.05) is 30.3 Å². The molecule has 0 aromatic heterocycles. The molecule has 0 spiro atoms. The fourth-order valence-corrected chi connectivity index (χ4v) is 1.75. The molecule has 2 rings (SSSR count).